The fourth-order valence-corrected chi connectivity index (χ4v) is 2.94. The number of halogens is 2. The summed E-state index contributed by atoms with van der Waals surface area (Å²) in [6, 6.07) is 22.8. The minimum Gasteiger partial charge on any atom is -0.435 e. The molecule has 0 radical (unpaired) electrons. The van der Waals surface area contributed by atoms with Crippen LogP contribution in [-0.2, 0) is 0 Å². The summed E-state index contributed by atoms with van der Waals surface area (Å²) < 4.78 is 5.90. The summed E-state index contributed by atoms with van der Waals surface area (Å²) in [4.78, 5) is 0. The lowest BCUT2D eigenvalue weighted by molar-refractivity contribution is 0.462. The second-order valence-electron chi connectivity index (χ2n) is 5.44. The van der Waals surface area contributed by atoms with Crippen molar-refractivity contribution in [3.05, 3.63) is 82.8 Å². The summed E-state index contributed by atoms with van der Waals surface area (Å²) in [7, 11) is 0. The normalized spacial score (nSPS) is 10.8. The molecule has 4 aromatic rings. The molecule has 3 nitrogen and oxygen atoms in total. The molecule has 0 aliphatic rings. The van der Waals surface area contributed by atoms with E-state index >= 15 is 0 Å². The van der Waals surface area contributed by atoms with E-state index in [1.165, 1.54) is 0 Å². The van der Waals surface area contributed by atoms with E-state index in [0.29, 0.717) is 21.7 Å². The van der Waals surface area contributed by atoms with Crippen molar-refractivity contribution < 1.29 is 4.74 Å². The highest BCUT2D eigenvalue weighted by molar-refractivity contribution is 6.34. The molecule has 0 atom stereocenters. The van der Waals surface area contributed by atoms with E-state index in [1.807, 2.05) is 54.6 Å². The Morgan fingerprint density at radius 2 is 1.44 bits per heavy atom. The van der Waals surface area contributed by atoms with Crippen LogP contribution in [-0.4, -0.2) is 10.2 Å². The highest BCUT2D eigenvalue weighted by Crippen LogP contribution is 2.36. The van der Waals surface area contributed by atoms with Crippen molar-refractivity contribution in [1.82, 2.24) is 10.2 Å². The first-order valence-electron chi connectivity index (χ1n) is 7.66. The Labute approximate surface area is 154 Å². The minimum atomic E-state index is 0.388. The maximum atomic E-state index is 6.19. The van der Waals surface area contributed by atoms with Gasteiger partial charge in [-0.15, -0.1) is 10.2 Å². The fourth-order valence-electron chi connectivity index (χ4n) is 2.62. The lowest BCUT2D eigenvalue weighted by Gasteiger charge is -2.11. The van der Waals surface area contributed by atoms with Crippen molar-refractivity contribution >= 4 is 34.0 Å². The summed E-state index contributed by atoms with van der Waals surface area (Å²) in [6.45, 7) is 0. The maximum absolute atomic E-state index is 6.19. The Morgan fingerprint density at radius 3 is 2.24 bits per heavy atom. The summed E-state index contributed by atoms with van der Waals surface area (Å²) in [5.74, 6) is 0.834. The van der Waals surface area contributed by atoms with Crippen molar-refractivity contribution in [1.29, 1.82) is 0 Å². The van der Waals surface area contributed by atoms with E-state index in [-0.39, 0.29) is 0 Å². The molecule has 3 aromatic carbocycles. The third-order valence-corrected chi connectivity index (χ3v) is 4.35. The number of aromatic nitrogens is 2. The molecule has 1 heterocycles. The first-order valence-corrected chi connectivity index (χ1v) is 8.42. The Hall–Kier alpha value is -2.62. The zero-order valence-electron chi connectivity index (χ0n) is 13.0. The summed E-state index contributed by atoms with van der Waals surface area (Å²) in [5.41, 5.74) is 1.80. The SMILES string of the molecule is Clc1ccc(Cl)c(Oc2nnc(-c3ccccc3)c3ccccc23)c1. The van der Waals surface area contributed by atoms with Gasteiger partial charge < -0.3 is 4.74 Å². The molecule has 0 spiro atoms. The van der Waals surface area contributed by atoms with Gasteiger partial charge in [-0.2, -0.15) is 0 Å². The number of ether oxygens (including phenoxy) is 1. The second kappa shape index (κ2) is 6.71. The molecule has 0 saturated carbocycles. The molecule has 0 amide bonds. The topological polar surface area (TPSA) is 35.0 Å². The van der Waals surface area contributed by atoms with E-state index in [2.05, 4.69) is 10.2 Å². The van der Waals surface area contributed by atoms with Crippen LogP contribution in [0, 0.1) is 0 Å². The molecular formula is C20H12Cl2N2O. The predicted octanol–water partition coefficient (Wildman–Crippen LogP) is 6.40. The second-order valence-corrected chi connectivity index (χ2v) is 6.29. The molecule has 0 unspecified atom stereocenters. The highest BCUT2D eigenvalue weighted by Gasteiger charge is 2.13. The van der Waals surface area contributed by atoms with Crippen LogP contribution >= 0.6 is 23.2 Å². The average molecular weight is 367 g/mol. The van der Waals surface area contributed by atoms with Gasteiger partial charge in [-0.3, -0.25) is 0 Å². The van der Waals surface area contributed by atoms with Crippen LogP contribution in [0.3, 0.4) is 0 Å². The molecule has 0 fully saturated rings. The van der Waals surface area contributed by atoms with Gasteiger partial charge in [-0.25, -0.2) is 0 Å². The molecule has 0 bridgehead atoms. The molecular weight excluding hydrogens is 355 g/mol. The molecule has 1 aromatic heterocycles. The van der Waals surface area contributed by atoms with E-state index in [9.17, 15) is 0 Å². The highest BCUT2D eigenvalue weighted by atomic mass is 35.5. The van der Waals surface area contributed by atoms with Crippen molar-refractivity contribution in [2.75, 3.05) is 0 Å². The van der Waals surface area contributed by atoms with E-state index in [1.54, 1.807) is 18.2 Å². The lowest BCUT2D eigenvalue weighted by atomic mass is 10.1. The summed E-state index contributed by atoms with van der Waals surface area (Å²) in [5, 5.41) is 11.5. The molecule has 0 N–H and O–H groups in total. The van der Waals surface area contributed by atoms with Crippen molar-refractivity contribution in [2.24, 2.45) is 0 Å². The van der Waals surface area contributed by atoms with Gasteiger partial charge in [0.1, 0.15) is 11.4 Å². The van der Waals surface area contributed by atoms with E-state index in [0.717, 1.165) is 22.0 Å². The van der Waals surface area contributed by atoms with Crippen molar-refractivity contribution in [3.8, 4) is 22.9 Å². The predicted molar refractivity (Wildman–Crippen MR) is 102 cm³/mol. The van der Waals surface area contributed by atoms with Crippen molar-refractivity contribution in [2.45, 2.75) is 0 Å². The number of benzene rings is 3. The Balaban J connectivity index is 1.85. The number of nitrogens with zero attached hydrogens (tertiary/aromatic N) is 2. The van der Waals surface area contributed by atoms with Gasteiger partial charge in [0.05, 0.1) is 5.02 Å². The number of rotatable bonds is 3. The standard InChI is InChI=1S/C20H12Cl2N2O/c21-14-10-11-17(22)18(12-14)25-20-16-9-5-4-8-15(16)19(23-24-20)13-6-2-1-3-7-13/h1-12H. The Morgan fingerprint density at radius 1 is 0.720 bits per heavy atom. The van der Waals surface area contributed by atoms with Gasteiger partial charge in [0.15, 0.2) is 0 Å². The molecule has 0 saturated heterocycles. The third kappa shape index (κ3) is 3.16. The van der Waals surface area contributed by atoms with Crippen LogP contribution in [0.15, 0.2) is 72.8 Å². The van der Waals surface area contributed by atoms with Crippen LogP contribution in [0.2, 0.25) is 10.0 Å². The first kappa shape index (κ1) is 15.9. The molecule has 122 valence electrons. The molecule has 0 aliphatic heterocycles. The third-order valence-electron chi connectivity index (χ3n) is 3.80. The van der Waals surface area contributed by atoms with Gasteiger partial charge in [0, 0.05) is 27.4 Å². The largest absolute Gasteiger partial charge is 0.435 e. The van der Waals surface area contributed by atoms with Crippen LogP contribution < -0.4 is 4.74 Å². The zero-order chi connectivity index (χ0) is 17.2. The smallest absolute Gasteiger partial charge is 0.246 e. The summed E-state index contributed by atoms with van der Waals surface area (Å²) >= 11 is 12.2. The van der Waals surface area contributed by atoms with Crippen LogP contribution in [0.1, 0.15) is 0 Å². The lowest BCUT2D eigenvalue weighted by Crippen LogP contribution is -1.96. The van der Waals surface area contributed by atoms with Crippen LogP contribution in [0.5, 0.6) is 11.6 Å². The van der Waals surface area contributed by atoms with Crippen LogP contribution in [0.25, 0.3) is 22.0 Å². The van der Waals surface area contributed by atoms with Gasteiger partial charge in [0.25, 0.3) is 0 Å². The molecule has 25 heavy (non-hydrogen) atoms. The van der Waals surface area contributed by atoms with E-state index in [4.69, 9.17) is 27.9 Å². The van der Waals surface area contributed by atoms with Crippen LogP contribution in [0.4, 0.5) is 0 Å². The fraction of sp³-hybridized carbons (Fsp3) is 0. The molecule has 0 aliphatic carbocycles. The van der Waals surface area contributed by atoms with Gasteiger partial charge >= 0.3 is 0 Å². The van der Waals surface area contributed by atoms with E-state index < -0.39 is 0 Å². The van der Waals surface area contributed by atoms with Crippen molar-refractivity contribution in [3.63, 3.8) is 0 Å². The average Bonchev–Trinajstić information content (AvgIpc) is 2.66. The van der Waals surface area contributed by atoms with Gasteiger partial charge in [-0.05, 0) is 18.2 Å². The monoisotopic (exact) mass is 366 g/mol. The van der Waals surface area contributed by atoms with Gasteiger partial charge in [-0.1, -0.05) is 71.7 Å². The minimum absolute atomic E-state index is 0.388. The first-order chi connectivity index (χ1) is 12.2. The number of hydrogen-bond acceptors (Lipinski definition) is 3. The molecule has 5 heteroatoms. The Kier molecular flexibility index (Phi) is 4.26. The number of fused-ring (bicyclic) bond motifs is 1. The number of hydrogen-bond donors (Lipinski definition) is 0. The maximum Gasteiger partial charge on any atom is 0.246 e. The molecule has 4 rings (SSSR count). The van der Waals surface area contributed by atoms with Gasteiger partial charge in [0.2, 0.25) is 5.88 Å². The summed E-state index contributed by atoms with van der Waals surface area (Å²) in [6.07, 6.45) is 0. The Bertz CT molecular complexity index is 1050. The zero-order valence-corrected chi connectivity index (χ0v) is 14.5. The quantitative estimate of drug-likeness (QED) is 0.420.